The van der Waals surface area contributed by atoms with E-state index in [-0.39, 0.29) is 0 Å². The van der Waals surface area contributed by atoms with Crippen molar-refractivity contribution in [1.82, 2.24) is 0 Å². The van der Waals surface area contributed by atoms with Crippen LogP contribution in [0.3, 0.4) is 0 Å². The zero-order valence-corrected chi connectivity index (χ0v) is 9.23. The first-order chi connectivity index (χ1) is 7.45. The molecule has 1 aliphatic carbocycles. The summed E-state index contributed by atoms with van der Waals surface area (Å²) in [5.41, 5.74) is 2.81. The van der Waals surface area contributed by atoms with Crippen molar-refractivity contribution in [2.75, 3.05) is 0 Å². The number of hydrogen-bond donors (Lipinski definition) is 0. The van der Waals surface area contributed by atoms with E-state index in [1.54, 1.807) is 9.12 Å². The van der Waals surface area contributed by atoms with Crippen LogP contribution in [0.25, 0.3) is 16.8 Å². The first kappa shape index (κ1) is 10.1. The van der Waals surface area contributed by atoms with Gasteiger partial charge in [0.1, 0.15) is 9.12 Å². The van der Waals surface area contributed by atoms with Gasteiger partial charge < -0.3 is 0 Å². The van der Waals surface area contributed by atoms with E-state index in [1.165, 1.54) is 21.9 Å². The van der Waals surface area contributed by atoms with E-state index < -0.39 is 0 Å². The lowest BCUT2D eigenvalue weighted by molar-refractivity contribution is 0.607. The predicted molar refractivity (Wildman–Crippen MR) is 65.7 cm³/mol. The second-order valence-electron chi connectivity index (χ2n) is 3.47. The summed E-state index contributed by atoms with van der Waals surface area (Å²) in [4.78, 5) is 0. The van der Waals surface area contributed by atoms with Gasteiger partial charge in [0.15, 0.2) is 0 Å². The Bertz CT molecular complexity index is 512. The van der Waals surface area contributed by atoms with Gasteiger partial charge in [0.2, 0.25) is 0 Å². The maximum absolute atomic E-state index is 8.06. The minimum atomic E-state index is 1.08. The molecule has 2 aromatic rings. The first-order valence-corrected chi connectivity index (χ1v) is 5.23. The quantitative estimate of drug-likeness (QED) is 0.608. The van der Waals surface area contributed by atoms with Crippen LogP contribution >= 0.6 is 9.12 Å². The molecule has 0 fully saturated rings. The van der Waals surface area contributed by atoms with E-state index >= 15 is 0 Å². The van der Waals surface area contributed by atoms with E-state index in [9.17, 15) is 0 Å². The van der Waals surface area contributed by atoms with Gasteiger partial charge in [-0.25, -0.2) is 0 Å². The van der Waals surface area contributed by atoms with E-state index in [2.05, 4.69) is 48.6 Å². The smallest absolute Gasteiger partial charge is 0.138 e. The molecule has 0 saturated heterocycles. The Balaban J connectivity index is 0.000000404. The highest BCUT2D eigenvalue weighted by Gasteiger charge is 2.06. The molecular weight excluding hydrogens is 203 g/mol. The van der Waals surface area contributed by atoms with Crippen molar-refractivity contribution < 1.29 is 4.57 Å². The van der Waals surface area contributed by atoms with Crippen molar-refractivity contribution in [3.63, 3.8) is 0 Å². The van der Waals surface area contributed by atoms with Gasteiger partial charge >= 0.3 is 0 Å². The Morgan fingerprint density at radius 2 is 1.73 bits per heavy atom. The Morgan fingerprint density at radius 1 is 1.00 bits per heavy atom. The zero-order valence-electron chi connectivity index (χ0n) is 8.23. The standard InChI is InChI=1S/C13H10.HOP/c1-4-10-6-2-8-12-9-3-7-11(5-1)13(10)12;1-2/h1-8H,9H2;2H. The van der Waals surface area contributed by atoms with Gasteiger partial charge in [0.05, 0.1) is 0 Å². The summed E-state index contributed by atoms with van der Waals surface area (Å²) in [5.74, 6) is 0. The summed E-state index contributed by atoms with van der Waals surface area (Å²) in [5, 5.41) is 2.80. The normalized spacial score (nSPS) is 12.0. The molecule has 0 N–H and O–H groups in total. The fourth-order valence-electron chi connectivity index (χ4n) is 2.07. The second-order valence-corrected chi connectivity index (χ2v) is 3.47. The van der Waals surface area contributed by atoms with Crippen LogP contribution in [0.1, 0.15) is 11.1 Å². The van der Waals surface area contributed by atoms with E-state index in [1.807, 2.05) is 0 Å². The lowest BCUT2D eigenvalue weighted by Crippen LogP contribution is -1.91. The van der Waals surface area contributed by atoms with Gasteiger partial charge in [-0.05, 0) is 28.3 Å². The monoisotopic (exact) mass is 214 g/mol. The third-order valence-electron chi connectivity index (χ3n) is 2.66. The second kappa shape index (κ2) is 4.37. The molecule has 74 valence electrons. The van der Waals surface area contributed by atoms with Crippen molar-refractivity contribution in [2.45, 2.75) is 6.42 Å². The van der Waals surface area contributed by atoms with Gasteiger partial charge in [-0.3, -0.25) is 4.57 Å². The van der Waals surface area contributed by atoms with E-state index in [4.69, 9.17) is 4.57 Å². The Labute approximate surface area is 91.1 Å². The van der Waals surface area contributed by atoms with Crippen molar-refractivity contribution in [3.8, 4) is 0 Å². The molecule has 0 heterocycles. The summed E-state index contributed by atoms with van der Waals surface area (Å²) in [6.07, 6.45) is 5.53. The fourth-order valence-corrected chi connectivity index (χ4v) is 2.07. The van der Waals surface area contributed by atoms with Crippen LogP contribution in [0.2, 0.25) is 0 Å². The molecule has 2 heteroatoms. The largest absolute Gasteiger partial charge is 0.279 e. The first-order valence-electron chi connectivity index (χ1n) is 4.83. The van der Waals surface area contributed by atoms with Crippen molar-refractivity contribution in [1.29, 1.82) is 0 Å². The van der Waals surface area contributed by atoms with E-state index in [0.717, 1.165) is 6.42 Å². The minimum Gasteiger partial charge on any atom is -0.279 e. The summed E-state index contributed by atoms with van der Waals surface area (Å²) in [6, 6.07) is 13.0. The molecule has 0 bridgehead atoms. The predicted octanol–water partition coefficient (Wildman–Crippen LogP) is 3.88. The number of rotatable bonds is 0. The molecule has 15 heavy (non-hydrogen) atoms. The van der Waals surface area contributed by atoms with Gasteiger partial charge in [-0.2, -0.15) is 0 Å². The minimum absolute atomic E-state index is 1.08. The molecule has 0 atom stereocenters. The molecule has 0 radical (unpaired) electrons. The third-order valence-corrected chi connectivity index (χ3v) is 2.66. The van der Waals surface area contributed by atoms with Gasteiger partial charge in [0, 0.05) is 0 Å². The van der Waals surface area contributed by atoms with Crippen LogP contribution in [0.5, 0.6) is 0 Å². The molecular formula is C13H11OP. The SMILES string of the molecule is C1=Cc2cccc3cccc(c23)C1.O=P. The molecule has 0 spiro atoms. The highest BCUT2D eigenvalue weighted by Crippen LogP contribution is 2.27. The van der Waals surface area contributed by atoms with Crippen LogP contribution in [-0.4, -0.2) is 0 Å². The van der Waals surface area contributed by atoms with Crippen LogP contribution in [-0.2, 0) is 11.0 Å². The Hall–Kier alpha value is -1.46. The highest BCUT2D eigenvalue weighted by atomic mass is 31.0. The number of benzene rings is 2. The molecule has 2 aromatic carbocycles. The van der Waals surface area contributed by atoms with E-state index in [0.29, 0.717) is 0 Å². The molecule has 0 aromatic heterocycles. The zero-order chi connectivity index (χ0) is 10.7. The van der Waals surface area contributed by atoms with Crippen molar-refractivity contribution in [3.05, 3.63) is 53.6 Å². The molecule has 0 unspecified atom stereocenters. The van der Waals surface area contributed by atoms with Crippen LogP contribution < -0.4 is 0 Å². The summed E-state index contributed by atoms with van der Waals surface area (Å²) in [6.45, 7) is 0. The molecule has 0 amide bonds. The summed E-state index contributed by atoms with van der Waals surface area (Å²) < 4.78 is 8.06. The van der Waals surface area contributed by atoms with Crippen LogP contribution in [0.15, 0.2) is 42.5 Å². The maximum Gasteiger partial charge on any atom is 0.138 e. The average molecular weight is 214 g/mol. The molecule has 0 saturated carbocycles. The van der Waals surface area contributed by atoms with Crippen molar-refractivity contribution >= 4 is 26.0 Å². The molecule has 0 aliphatic heterocycles. The molecule has 3 rings (SSSR count). The topological polar surface area (TPSA) is 17.1 Å². The maximum atomic E-state index is 8.06. The average Bonchev–Trinajstić information content (AvgIpc) is 2.33. The summed E-state index contributed by atoms with van der Waals surface area (Å²) >= 11 is 0. The Kier molecular flexibility index (Phi) is 2.94. The number of hydrogen-bond acceptors (Lipinski definition) is 1. The third kappa shape index (κ3) is 1.71. The fraction of sp³-hybridized carbons (Fsp3) is 0.0769. The summed E-state index contributed by atoms with van der Waals surface area (Å²) in [7, 11) is 1.72. The van der Waals surface area contributed by atoms with Gasteiger partial charge in [-0.15, -0.1) is 0 Å². The van der Waals surface area contributed by atoms with Crippen LogP contribution in [0, 0.1) is 0 Å². The lowest BCUT2D eigenvalue weighted by atomic mass is 9.93. The lowest BCUT2D eigenvalue weighted by Gasteiger charge is -2.11. The Morgan fingerprint density at radius 3 is 2.53 bits per heavy atom. The van der Waals surface area contributed by atoms with Crippen molar-refractivity contribution in [2.24, 2.45) is 0 Å². The van der Waals surface area contributed by atoms with Gasteiger partial charge in [-0.1, -0.05) is 48.6 Å². The number of allylic oxidation sites excluding steroid dienone is 1. The van der Waals surface area contributed by atoms with Gasteiger partial charge in [0.25, 0.3) is 0 Å². The highest BCUT2D eigenvalue weighted by molar-refractivity contribution is 7.00. The molecule has 1 aliphatic rings. The molecule has 1 nitrogen and oxygen atoms in total. The van der Waals surface area contributed by atoms with Crippen LogP contribution in [0.4, 0.5) is 0 Å².